The Morgan fingerprint density at radius 3 is 2.10 bits per heavy atom. The van der Waals surface area contributed by atoms with Gasteiger partial charge in [-0.2, -0.15) is 13.2 Å². The first-order chi connectivity index (χ1) is 9.02. The maximum absolute atomic E-state index is 13.0. The molecule has 1 nitrogen and oxygen atoms in total. The monoisotopic (exact) mass is 287 g/mol. The topological polar surface area (TPSA) is 12.0 Å². The zero-order valence-electron chi connectivity index (χ0n) is 12.8. The van der Waals surface area contributed by atoms with Gasteiger partial charge < -0.3 is 5.32 Å². The van der Waals surface area contributed by atoms with E-state index in [9.17, 15) is 13.2 Å². The van der Waals surface area contributed by atoms with Crippen LogP contribution in [0.4, 0.5) is 13.2 Å². The van der Waals surface area contributed by atoms with Crippen LogP contribution in [0.15, 0.2) is 24.3 Å². The minimum atomic E-state index is -4.29. The van der Waals surface area contributed by atoms with Crippen LogP contribution in [0.1, 0.15) is 51.7 Å². The van der Waals surface area contributed by atoms with Gasteiger partial charge in [0.05, 0.1) is 5.56 Å². The van der Waals surface area contributed by atoms with Gasteiger partial charge in [0.2, 0.25) is 0 Å². The minimum Gasteiger partial charge on any atom is -0.312 e. The molecule has 2 atom stereocenters. The van der Waals surface area contributed by atoms with E-state index in [1.165, 1.54) is 6.07 Å². The van der Waals surface area contributed by atoms with Crippen molar-refractivity contribution in [2.24, 2.45) is 5.92 Å². The van der Waals surface area contributed by atoms with Crippen molar-refractivity contribution in [3.63, 3.8) is 0 Å². The lowest BCUT2D eigenvalue weighted by Crippen LogP contribution is -2.39. The lowest BCUT2D eigenvalue weighted by atomic mass is 9.85. The van der Waals surface area contributed by atoms with Crippen LogP contribution in [-0.2, 0) is 6.18 Å². The van der Waals surface area contributed by atoms with Gasteiger partial charge >= 0.3 is 6.18 Å². The zero-order valence-corrected chi connectivity index (χ0v) is 12.8. The van der Waals surface area contributed by atoms with E-state index in [-0.39, 0.29) is 17.4 Å². The summed E-state index contributed by atoms with van der Waals surface area (Å²) in [6.45, 7) is 10.7. The number of hydrogen-bond acceptors (Lipinski definition) is 1. The van der Waals surface area contributed by atoms with Gasteiger partial charge in [-0.25, -0.2) is 0 Å². The first-order valence-corrected chi connectivity index (χ1v) is 6.93. The molecule has 0 fully saturated rings. The molecule has 0 saturated heterocycles. The molecule has 0 amide bonds. The third kappa shape index (κ3) is 4.82. The molecule has 0 aromatic heterocycles. The average molecular weight is 287 g/mol. The minimum absolute atomic E-state index is 0.0302. The summed E-state index contributed by atoms with van der Waals surface area (Å²) in [5, 5.41) is 3.35. The lowest BCUT2D eigenvalue weighted by molar-refractivity contribution is -0.138. The molecule has 0 spiro atoms. The Hall–Kier alpha value is -1.03. The van der Waals surface area contributed by atoms with Crippen LogP contribution in [0.25, 0.3) is 0 Å². The van der Waals surface area contributed by atoms with Crippen molar-refractivity contribution < 1.29 is 13.2 Å². The third-order valence-corrected chi connectivity index (χ3v) is 3.56. The van der Waals surface area contributed by atoms with Gasteiger partial charge in [0, 0.05) is 5.54 Å². The quantitative estimate of drug-likeness (QED) is 0.836. The van der Waals surface area contributed by atoms with Crippen molar-refractivity contribution in [3.8, 4) is 0 Å². The normalized spacial score (nSPS) is 16.0. The van der Waals surface area contributed by atoms with Crippen molar-refractivity contribution in [1.82, 2.24) is 5.32 Å². The van der Waals surface area contributed by atoms with Crippen LogP contribution < -0.4 is 5.32 Å². The predicted octanol–water partition coefficient (Wildman–Crippen LogP) is 4.83. The molecule has 0 bridgehead atoms. The molecule has 20 heavy (non-hydrogen) atoms. The van der Waals surface area contributed by atoms with Crippen LogP contribution in [0.2, 0.25) is 0 Å². The predicted molar refractivity (Wildman–Crippen MR) is 76.8 cm³/mol. The lowest BCUT2D eigenvalue weighted by Gasteiger charge is -2.28. The van der Waals surface area contributed by atoms with E-state index in [0.29, 0.717) is 12.1 Å². The standard InChI is InChI=1S/C16H24F3N/c1-11(10-20-15(3,4)5)12(2)13-8-6-7-9-14(13)16(17,18)19/h6-9,11-12,20H,10H2,1-5H3. The van der Waals surface area contributed by atoms with Crippen molar-refractivity contribution in [1.29, 1.82) is 0 Å². The molecule has 4 heteroatoms. The highest BCUT2D eigenvalue weighted by atomic mass is 19.4. The van der Waals surface area contributed by atoms with E-state index in [4.69, 9.17) is 0 Å². The van der Waals surface area contributed by atoms with E-state index in [0.717, 1.165) is 6.07 Å². The van der Waals surface area contributed by atoms with Crippen LogP contribution >= 0.6 is 0 Å². The summed E-state index contributed by atoms with van der Waals surface area (Å²) >= 11 is 0. The maximum Gasteiger partial charge on any atom is 0.416 e. The molecule has 1 aromatic rings. The Bertz CT molecular complexity index is 432. The summed E-state index contributed by atoms with van der Waals surface area (Å²) in [5.41, 5.74) is -0.171. The third-order valence-electron chi connectivity index (χ3n) is 3.56. The Morgan fingerprint density at radius 2 is 1.60 bits per heavy atom. The van der Waals surface area contributed by atoms with Crippen molar-refractivity contribution in [2.45, 2.75) is 52.3 Å². The molecule has 0 aliphatic rings. The van der Waals surface area contributed by atoms with E-state index in [1.54, 1.807) is 12.1 Å². The van der Waals surface area contributed by atoms with Gasteiger partial charge in [-0.1, -0.05) is 32.0 Å². The van der Waals surface area contributed by atoms with Gasteiger partial charge in [-0.05, 0) is 50.8 Å². The van der Waals surface area contributed by atoms with Crippen molar-refractivity contribution in [3.05, 3.63) is 35.4 Å². The van der Waals surface area contributed by atoms with E-state index < -0.39 is 11.7 Å². The van der Waals surface area contributed by atoms with Crippen LogP contribution in [-0.4, -0.2) is 12.1 Å². The van der Waals surface area contributed by atoms with Crippen LogP contribution in [0, 0.1) is 5.92 Å². The Balaban J connectivity index is 2.89. The molecule has 1 N–H and O–H groups in total. The largest absolute Gasteiger partial charge is 0.416 e. The van der Waals surface area contributed by atoms with Crippen LogP contribution in [0.3, 0.4) is 0 Å². The Morgan fingerprint density at radius 1 is 1.05 bits per heavy atom. The molecule has 114 valence electrons. The zero-order chi connectivity index (χ0) is 15.6. The van der Waals surface area contributed by atoms with Gasteiger partial charge in [-0.3, -0.25) is 0 Å². The van der Waals surface area contributed by atoms with Gasteiger partial charge in [0.1, 0.15) is 0 Å². The molecule has 0 saturated carbocycles. The summed E-state index contributed by atoms with van der Waals surface area (Å²) in [5.74, 6) is -0.0274. The second-order valence-electron chi connectivity index (χ2n) is 6.48. The second kappa shape index (κ2) is 6.17. The number of hydrogen-bond donors (Lipinski definition) is 1. The number of alkyl halides is 3. The Labute approximate surface area is 119 Å². The molecule has 2 unspecified atom stereocenters. The first-order valence-electron chi connectivity index (χ1n) is 6.93. The van der Waals surface area contributed by atoms with Crippen molar-refractivity contribution >= 4 is 0 Å². The highest BCUT2D eigenvalue weighted by Crippen LogP contribution is 2.37. The van der Waals surface area contributed by atoms with E-state index in [2.05, 4.69) is 5.32 Å². The van der Waals surface area contributed by atoms with Gasteiger partial charge in [0.15, 0.2) is 0 Å². The molecular weight excluding hydrogens is 263 g/mol. The fraction of sp³-hybridized carbons (Fsp3) is 0.625. The molecule has 0 radical (unpaired) electrons. The maximum atomic E-state index is 13.0. The summed E-state index contributed by atoms with van der Waals surface area (Å²) < 4.78 is 39.1. The molecule has 1 rings (SSSR count). The fourth-order valence-corrected chi connectivity index (χ4v) is 2.10. The summed E-state index contributed by atoms with van der Waals surface area (Å²) in [4.78, 5) is 0. The van der Waals surface area contributed by atoms with Gasteiger partial charge in [0.25, 0.3) is 0 Å². The van der Waals surface area contributed by atoms with Crippen molar-refractivity contribution in [2.75, 3.05) is 6.54 Å². The smallest absolute Gasteiger partial charge is 0.312 e. The molecule has 0 aliphatic heterocycles. The molecule has 1 aromatic carbocycles. The summed E-state index contributed by atoms with van der Waals surface area (Å²) in [6.07, 6.45) is -4.29. The first kappa shape index (κ1) is 17.0. The molecule has 0 aliphatic carbocycles. The second-order valence-corrected chi connectivity index (χ2v) is 6.48. The summed E-state index contributed by atoms with van der Waals surface area (Å²) in [6, 6.07) is 5.86. The number of nitrogens with one attached hydrogen (secondary N) is 1. The van der Waals surface area contributed by atoms with Crippen LogP contribution in [0.5, 0.6) is 0 Å². The van der Waals surface area contributed by atoms with E-state index in [1.807, 2.05) is 34.6 Å². The highest BCUT2D eigenvalue weighted by Gasteiger charge is 2.35. The average Bonchev–Trinajstić information content (AvgIpc) is 2.33. The highest BCUT2D eigenvalue weighted by molar-refractivity contribution is 5.32. The number of benzene rings is 1. The summed E-state index contributed by atoms with van der Waals surface area (Å²) in [7, 11) is 0. The van der Waals surface area contributed by atoms with E-state index >= 15 is 0 Å². The molecule has 0 heterocycles. The fourth-order valence-electron chi connectivity index (χ4n) is 2.10. The Kier molecular flexibility index (Phi) is 5.25. The number of rotatable bonds is 4. The van der Waals surface area contributed by atoms with Gasteiger partial charge in [-0.15, -0.1) is 0 Å². The molecular formula is C16H24F3N. The number of halogens is 3. The SMILES string of the molecule is CC(CNC(C)(C)C)C(C)c1ccccc1C(F)(F)F.